The zero-order valence-corrected chi connectivity index (χ0v) is 15.6. The van der Waals surface area contributed by atoms with Gasteiger partial charge in [0.25, 0.3) is 0 Å². The molecule has 3 rings (SSSR count). The second kappa shape index (κ2) is 8.85. The highest BCUT2D eigenvalue weighted by molar-refractivity contribution is 7.98. The first-order valence-corrected chi connectivity index (χ1v) is 9.17. The van der Waals surface area contributed by atoms with E-state index in [0.717, 1.165) is 5.56 Å². The minimum atomic E-state index is 0.0369. The summed E-state index contributed by atoms with van der Waals surface area (Å²) in [5.74, 6) is 0.976. The zero-order valence-electron chi connectivity index (χ0n) is 14.8. The molecule has 2 aromatic heterocycles. The number of halogens is 1. The molecular formula is C20H14FN5OS. The molecule has 6 nitrogen and oxygen atoms in total. The number of thioether (sulfide) groups is 1. The summed E-state index contributed by atoms with van der Waals surface area (Å²) >= 11 is 1.38. The number of pyridine rings is 2. The van der Waals surface area contributed by atoms with Crippen LogP contribution in [0, 0.1) is 22.7 Å². The van der Waals surface area contributed by atoms with Gasteiger partial charge in [0.15, 0.2) is 5.75 Å². The van der Waals surface area contributed by atoms with Gasteiger partial charge >= 0.3 is 0 Å². The van der Waals surface area contributed by atoms with Crippen molar-refractivity contribution >= 4 is 17.6 Å². The van der Waals surface area contributed by atoms with Crippen molar-refractivity contribution in [1.82, 2.24) is 9.97 Å². The third-order valence-corrected chi connectivity index (χ3v) is 5.00. The van der Waals surface area contributed by atoms with Gasteiger partial charge in [-0.25, -0.2) is 4.98 Å². The maximum atomic E-state index is 12.4. The Bertz CT molecular complexity index is 1060. The number of nitriles is 2. The number of hydrogen-bond donors (Lipinski definition) is 1. The Balaban J connectivity index is 2.13. The molecule has 0 aliphatic heterocycles. The molecule has 0 fully saturated rings. The maximum absolute atomic E-state index is 12.4. The molecule has 0 aliphatic rings. The van der Waals surface area contributed by atoms with Gasteiger partial charge < -0.3 is 5.32 Å². The van der Waals surface area contributed by atoms with E-state index < -0.39 is 0 Å². The molecule has 1 aromatic carbocycles. The van der Waals surface area contributed by atoms with Gasteiger partial charge in [0.2, 0.25) is 0 Å². The third kappa shape index (κ3) is 3.88. The van der Waals surface area contributed by atoms with Crippen molar-refractivity contribution in [2.24, 2.45) is 0 Å². The first kappa shape index (κ1) is 19.2. The quantitative estimate of drug-likeness (QED) is 0.619. The third-order valence-electron chi connectivity index (χ3n) is 3.95. The second-order valence-electron chi connectivity index (χ2n) is 5.62. The highest BCUT2D eigenvalue weighted by atomic mass is 32.2. The van der Waals surface area contributed by atoms with E-state index in [-0.39, 0.29) is 11.3 Å². The van der Waals surface area contributed by atoms with Crippen molar-refractivity contribution in [3.8, 4) is 29.0 Å². The lowest BCUT2D eigenvalue weighted by Gasteiger charge is -2.14. The van der Waals surface area contributed by atoms with Crippen LogP contribution in [-0.4, -0.2) is 17.0 Å². The lowest BCUT2D eigenvalue weighted by molar-refractivity contribution is -0.00618. The van der Waals surface area contributed by atoms with Crippen LogP contribution in [0.15, 0.2) is 53.8 Å². The zero-order chi connectivity index (χ0) is 19.9. The Morgan fingerprint density at radius 3 is 2.46 bits per heavy atom. The summed E-state index contributed by atoms with van der Waals surface area (Å²) in [7, 11) is 1.66. The molecule has 0 bridgehead atoms. The van der Waals surface area contributed by atoms with Crippen LogP contribution in [0.2, 0.25) is 0 Å². The summed E-state index contributed by atoms with van der Waals surface area (Å²) in [6.45, 7) is 0. The summed E-state index contributed by atoms with van der Waals surface area (Å²) in [5, 5.41) is 22.9. The molecule has 0 spiro atoms. The molecule has 0 atom stereocenters. The fourth-order valence-electron chi connectivity index (χ4n) is 2.66. The minimum Gasteiger partial charge on any atom is -0.372 e. The van der Waals surface area contributed by atoms with E-state index in [9.17, 15) is 15.0 Å². The van der Waals surface area contributed by atoms with Gasteiger partial charge in [-0.15, -0.1) is 11.8 Å². The average molecular weight is 391 g/mol. The number of nitrogens with one attached hydrogen (secondary N) is 1. The van der Waals surface area contributed by atoms with E-state index in [2.05, 4.69) is 32.4 Å². The number of hydrogen-bond acceptors (Lipinski definition) is 7. The highest BCUT2D eigenvalue weighted by Crippen LogP contribution is 2.37. The van der Waals surface area contributed by atoms with Crippen LogP contribution < -0.4 is 10.3 Å². The predicted octanol–water partition coefficient (Wildman–Crippen LogP) is 4.48. The average Bonchev–Trinajstić information content (AvgIpc) is 2.77. The topological polar surface area (TPSA) is 94.6 Å². The molecule has 138 valence electrons. The summed E-state index contributed by atoms with van der Waals surface area (Å²) in [6, 6.07) is 14.1. The van der Waals surface area contributed by atoms with Crippen LogP contribution in [-0.2, 0) is 5.75 Å². The Labute approximate surface area is 165 Å². The predicted molar refractivity (Wildman–Crippen MR) is 104 cm³/mol. The number of aromatic nitrogens is 2. The SMILES string of the molecule is CNc1nc(SCc2cccnc2)c(C#N)c(-c2ccc(OF)cc2)c1C#N. The van der Waals surface area contributed by atoms with Crippen molar-refractivity contribution < 1.29 is 9.47 Å². The van der Waals surface area contributed by atoms with Gasteiger partial charge in [0, 0.05) is 35.3 Å². The van der Waals surface area contributed by atoms with Crippen LogP contribution in [0.25, 0.3) is 11.1 Å². The summed E-state index contributed by atoms with van der Waals surface area (Å²) in [5.41, 5.74) is 2.57. The Morgan fingerprint density at radius 2 is 1.89 bits per heavy atom. The van der Waals surface area contributed by atoms with E-state index in [1.54, 1.807) is 31.6 Å². The first-order valence-electron chi connectivity index (χ1n) is 8.18. The number of anilines is 1. The van der Waals surface area contributed by atoms with Crippen LogP contribution >= 0.6 is 11.8 Å². The van der Waals surface area contributed by atoms with Gasteiger partial charge in [-0.3, -0.25) is 9.93 Å². The van der Waals surface area contributed by atoms with E-state index in [1.165, 1.54) is 23.9 Å². The van der Waals surface area contributed by atoms with Crippen LogP contribution in [0.4, 0.5) is 10.3 Å². The Morgan fingerprint density at radius 1 is 1.14 bits per heavy atom. The lowest BCUT2D eigenvalue weighted by Crippen LogP contribution is -2.04. The summed E-state index contributed by atoms with van der Waals surface area (Å²) in [6.07, 6.45) is 3.44. The molecule has 0 aliphatic carbocycles. The number of rotatable bonds is 6. The number of nitrogens with zero attached hydrogens (tertiary/aromatic N) is 4. The Kier molecular flexibility index (Phi) is 6.05. The van der Waals surface area contributed by atoms with Gasteiger partial charge in [0.05, 0.1) is 5.56 Å². The molecule has 0 unspecified atom stereocenters. The van der Waals surface area contributed by atoms with Crippen molar-refractivity contribution in [3.63, 3.8) is 0 Å². The van der Waals surface area contributed by atoms with Crippen molar-refractivity contribution in [1.29, 1.82) is 10.5 Å². The normalized spacial score (nSPS) is 10.0. The minimum absolute atomic E-state index is 0.0369. The fourth-order valence-corrected chi connectivity index (χ4v) is 3.58. The molecule has 3 aromatic rings. The standard InChI is InChI=1S/C20H14FN5OS/c1-24-19-16(9-22)18(14-4-6-15(27-21)7-5-14)17(10-23)20(26-19)28-12-13-3-2-8-25-11-13/h2-8,11H,12H2,1H3,(H,24,26). The molecule has 2 heterocycles. The molecule has 0 radical (unpaired) electrons. The Hall–Kier alpha value is -3.62. The van der Waals surface area contributed by atoms with E-state index in [4.69, 9.17) is 0 Å². The van der Waals surface area contributed by atoms with Crippen LogP contribution in [0.5, 0.6) is 5.75 Å². The van der Waals surface area contributed by atoms with Crippen molar-refractivity contribution in [2.75, 3.05) is 12.4 Å². The largest absolute Gasteiger partial charge is 0.372 e. The van der Waals surface area contributed by atoms with E-state index in [0.29, 0.717) is 33.3 Å². The van der Waals surface area contributed by atoms with Crippen molar-refractivity contribution in [3.05, 3.63) is 65.5 Å². The van der Waals surface area contributed by atoms with Crippen LogP contribution in [0.1, 0.15) is 16.7 Å². The van der Waals surface area contributed by atoms with E-state index in [1.807, 2.05) is 12.1 Å². The molecule has 8 heteroatoms. The molecule has 0 saturated carbocycles. The van der Waals surface area contributed by atoms with E-state index >= 15 is 0 Å². The van der Waals surface area contributed by atoms with Gasteiger partial charge in [-0.2, -0.15) is 10.5 Å². The summed E-state index contributed by atoms with van der Waals surface area (Å²) in [4.78, 5) is 12.3. The van der Waals surface area contributed by atoms with Gasteiger partial charge in [-0.05, 0) is 29.3 Å². The number of benzene rings is 1. The smallest absolute Gasteiger partial charge is 0.171 e. The second-order valence-corrected chi connectivity index (χ2v) is 6.58. The molecule has 0 saturated heterocycles. The fraction of sp³-hybridized carbons (Fsp3) is 0.100. The highest BCUT2D eigenvalue weighted by Gasteiger charge is 2.21. The van der Waals surface area contributed by atoms with Gasteiger partial charge in [0.1, 0.15) is 28.5 Å². The molecule has 0 amide bonds. The lowest BCUT2D eigenvalue weighted by atomic mass is 9.97. The van der Waals surface area contributed by atoms with Crippen molar-refractivity contribution in [2.45, 2.75) is 10.8 Å². The van der Waals surface area contributed by atoms with Gasteiger partial charge in [-0.1, -0.05) is 18.2 Å². The van der Waals surface area contributed by atoms with Crippen LogP contribution in [0.3, 0.4) is 0 Å². The monoisotopic (exact) mass is 391 g/mol. The summed E-state index contributed by atoms with van der Waals surface area (Å²) < 4.78 is 12.4. The molecule has 1 N–H and O–H groups in total. The molecule has 28 heavy (non-hydrogen) atoms. The molecular weight excluding hydrogens is 377 g/mol. The first-order chi connectivity index (χ1) is 13.7. The maximum Gasteiger partial charge on any atom is 0.171 e.